The highest BCUT2D eigenvalue weighted by molar-refractivity contribution is 7.92. The molecule has 0 radical (unpaired) electrons. The molecule has 142 valence electrons. The van der Waals surface area contributed by atoms with Gasteiger partial charge in [0.05, 0.1) is 11.3 Å². The van der Waals surface area contributed by atoms with E-state index in [1.165, 1.54) is 6.07 Å². The molecule has 0 aliphatic carbocycles. The summed E-state index contributed by atoms with van der Waals surface area (Å²) in [6, 6.07) is 5.05. The number of amides is 2. The lowest BCUT2D eigenvalue weighted by Crippen LogP contribution is -2.37. The molecule has 7 nitrogen and oxygen atoms in total. The number of sulfone groups is 1. The van der Waals surface area contributed by atoms with Crippen molar-refractivity contribution in [3.05, 3.63) is 40.4 Å². The molecule has 1 saturated heterocycles. The van der Waals surface area contributed by atoms with Crippen LogP contribution >= 0.6 is 11.3 Å². The second-order valence-electron chi connectivity index (χ2n) is 6.91. The molecule has 2 aliphatic rings. The van der Waals surface area contributed by atoms with Gasteiger partial charge in [0.15, 0.2) is 9.84 Å². The van der Waals surface area contributed by atoms with Gasteiger partial charge in [-0.05, 0) is 42.5 Å². The molecule has 2 aromatic heterocycles. The zero-order valence-electron chi connectivity index (χ0n) is 14.8. The number of carbonyl (C=O) groups excluding carboxylic acids is 2. The molecule has 0 atom stereocenters. The van der Waals surface area contributed by atoms with Gasteiger partial charge in [-0.3, -0.25) is 9.59 Å². The molecule has 2 aromatic rings. The van der Waals surface area contributed by atoms with Gasteiger partial charge in [0, 0.05) is 31.1 Å². The predicted molar refractivity (Wildman–Crippen MR) is 102 cm³/mol. The maximum atomic E-state index is 12.7. The molecule has 0 saturated carbocycles. The zero-order valence-corrected chi connectivity index (χ0v) is 16.4. The van der Waals surface area contributed by atoms with Crippen LogP contribution < -0.4 is 5.32 Å². The standard InChI is InChI=1S/C18H19N3O4S2/c1-27(24,25)16-3-2-14(26-16)18(23)21-8-5-11(6-9-21)12-4-7-19-17-13(12)10-15(22)20-17/h2-4,7,11H,5-6,8-10H2,1H3,(H,19,20,22). The zero-order chi connectivity index (χ0) is 19.2. The molecule has 0 spiro atoms. The minimum Gasteiger partial charge on any atom is -0.338 e. The van der Waals surface area contributed by atoms with Crippen molar-refractivity contribution in [2.45, 2.75) is 29.4 Å². The van der Waals surface area contributed by atoms with Crippen molar-refractivity contribution in [3.63, 3.8) is 0 Å². The normalized spacial score (nSPS) is 17.7. The van der Waals surface area contributed by atoms with Crippen LogP contribution in [-0.2, 0) is 21.1 Å². The van der Waals surface area contributed by atoms with Crippen molar-refractivity contribution in [1.29, 1.82) is 0 Å². The van der Waals surface area contributed by atoms with Gasteiger partial charge in [-0.2, -0.15) is 0 Å². The number of fused-ring (bicyclic) bond motifs is 1. The molecule has 0 aromatic carbocycles. The number of anilines is 1. The van der Waals surface area contributed by atoms with Gasteiger partial charge in [-0.1, -0.05) is 0 Å². The fourth-order valence-electron chi connectivity index (χ4n) is 3.70. The average molecular weight is 406 g/mol. The lowest BCUT2D eigenvalue weighted by molar-refractivity contribution is -0.115. The van der Waals surface area contributed by atoms with Crippen LogP contribution in [0.1, 0.15) is 39.6 Å². The first kappa shape index (κ1) is 18.1. The number of aromatic nitrogens is 1. The number of hydrogen-bond donors (Lipinski definition) is 1. The SMILES string of the molecule is CS(=O)(=O)c1ccc(C(=O)N2CCC(c3ccnc4c3CC(=O)N4)CC2)s1. The summed E-state index contributed by atoms with van der Waals surface area (Å²) in [4.78, 5) is 30.8. The van der Waals surface area contributed by atoms with E-state index < -0.39 is 9.84 Å². The lowest BCUT2D eigenvalue weighted by Gasteiger charge is -2.32. The quantitative estimate of drug-likeness (QED) is 0.843. The van der Waals surface area contributed by atoms with Crippen LogP contribution in [0.4, 0.5) is 5.82 Å². The Morgan fingerprint density at radius 3 is 2.67 bits per heavy atom. The van der Waals surface area contributed by atoms with E-state index >= 15 is 0 Å². The van der Waals surface area contributed by atoms with E-state index in [1.54, 1.807) is 17.2 Å². The summed E-state index contributed by atoms with van der Waals surface area (Å²) in [6.45, 7) is 1.21. The maximum Gasteiger partial charge on any atom is 0.263 e. The van der Waals surface area contributed by atoms with Crippen molar-refractivity contribution in [1.82, 2.24) is 9.88 Å². The smallest absolute Gasteiger partial charge is 0.263 e. The average Bonchev–Trinajstić information content (AvgIpc) is 3.26. The van der Waals surface area contributed by atoms with Crippen molar-refractivity contribution >= 4 is 38.8 Å². The Morgan fingerprint density at radius 1 is 1.26 bits per heavy atom. The number of pyridine rings is 1. The molecular formula is C18H19N3O4S2. The van der Waals surface area contributed by atoms with Crippen LogP contribution in [0.2, 0.25) is 0 Å². The third kappa shape index (κ3) is 3.49. The number of thiophene rings is 1. The number of hydrogen-bond acceptors (Lipinski definition) is 6. The predicted octanol–water partition coefficient (Wildman–Crippen LogP) is 2.06. The molecule has 2 aliphatic heterocycles. The number of piperidine rings is 1. The largest absolute Gasteiger partial charge is 0.338 e. The minimum absolute atomic E-state index is 0.0306. The monoisotopic (exact) mass is 405 g/mol. The van der Waals surface area contributed by atoms with E-state index in [4.69, 9.17) is 0 Å². The van der Waals surface area contributed by atoms with Crippen LogP contribution in [0.25, 0.3) is 0 Å². The van der Waals surface area contributed by atoms with Gasteiger partial charge in [-0.15, -0.1) is 11.3 Å². The summed E-state index contributed by atoms with van der Waals surface area (Å²) < 4.78 is 23.4. The Hall–Kier alpha value is -2.26. The fraction of sp³-hybridized carbons (Fsp3) is 0.389. The summed E-state index contributed by atoms with van der Waals surface area (Å²) >= 11 is 1.02. The molecular weight excluding hydrogens is 386 g/mol. The van der Waals surface area contributed by atoms with Crippen LogP contribution in [-0.4, -0.2) is 49.5 Å². The summed E-state index contributed by atoms with van der Waals surface area (Å²) in [5, 5.41) is 2.78. The molecule has 1 N–H and O–H groups in total. The number of nitrogens with one attached hydrogen (secondary N) is 1. The molecule has 0 unspecified atom stereocenters. The van der Waals surface area contributed by atoms with Gasteiger partial charge in [0.25, 0.3) is 5.91 Å². The Labute approximate surface area is 161 Å². The molecule has 4 heterocycles. The van der Waals surface area contributed by atoms with Crippen molar-refractivity contribution < 1.29 is 18.0 Å². The number of likely N-dealkylation sites (tertiary alicyclic amines) is 1. The molecule has 0 bridgehead atoms. The Morgan fingerprint density at radius 2 is 2.00 bits per heavy atom. The number of nitrogens with zero attached hydrogens (tertiary/aromatic N) is 2. The second kappa shape index (κ2) is 6.72. The van der Waals surface area contributed by atoms with Crippen LogP contribution in [0.15, 0.2) is 28.6 Å². The first-order chi connectivity index (χ1) is 12.8. The highest BCUT2D eigenvalue weighted by Gasteiger charge is 2.30. The van der Waals surface area contributed by atoms with Crippen LogP contribution in [0, 0.1) is 0 Å². The molecule has 2 amide bonds. The van der Waals surface area contributed by atoms with E-state index in [0.29, 0.717) is 30.2 Å². The van der Waals surface area contributed by atoms with Crippen molar-refractivity contribution in [2.24, 2.45) is 0 Å². The van der Waals surface area contributed by atoms with Gasteiger partial charge in [0.1, 0.15) is 10.0 Å². The Kier molecular flexibility index (Phi) is 4.51. The summed E-state index contributed by atoms with van der Waals surface area (Å²) in [5.74, 6) is 0.790. The molecule has 1 fully saturated rings. The fourth-order valence-corrected chi connectivity index (χ4v) is 5.60. The van der Waals surface area contributed by atoms with Gasteiger partial charge >= 0.3 is 0 Å². The molecule has 4 rings (SSSR count). The maximum absolute atomic E-state index is 12.7. The van der Waals surface area contributed by atoms with Crippen LogP contribution in [0.5, 0.6) is 0 Å². The van der Waals surface area contributed by atoms with Gasteiger partial charge in [-0.25, -0.2) is 13.4 Å². The van der Waals surface area contributed by atoms with Gasteiger partial charge in [0.2, 0.25) is 5.91 Å². The summed E-state index contributed by atoms with van der Waals surface area (Å²) in [5.41, 5.74) is 2.12. The number of carbonyl (C=O) groups is 2. The topological polar surface area (TPSA) is 96.4 Å². The van der Waals surface area contributed by atoms with E-state index in [9.17, 15) is 18.0 Å². The lowest BCUT2D eigenvalue weighted by atomic mass is 9.86. The highest BCUT2D eigenvalue weighted by atomic mass is 32.2. The van der Waals surface area contributed by atoms with Crippen LogP contribution in [0.3, 0.4) is 0 Å². The number of rotatable bonds is 3. The summed E-state index contributed by atoms with van der Waals surface area (Å²) in [6.07, 6.45) is 4.84. The van der Waals surface area contributed by atoms with Crippen molar-refractivity contribution in [3.8, 4) is 0 Å². The molecule has 27 heavy (non-hydrogen) atoms. The molecule has 9 heteroatoms. The van der Waals surface area contributed by atoms with E-state index in [-0.39, 0.29) is 21.9 Å². The van der Waals surface area contributed by atoms with E-state index in [0.717, 1.165) is 41.6 Å². The third-order valence-electron chi connectivity index (χ3n) is 5.07. The first-order valence-corrected chi connectivity index (χ1v) is 11.4. The van der Waals surface area contributed by atoms with Gasteiger partial charge < -0.3 is 10.2 Å². The van der Waals surface area contributed by atoms with E-state index in [2.05, 4.69) is 10.3 Å². The van der Waals surface area contributed by atoms with Crippen molar-refractivity contribution in [2.75, 3.05) is 24.7 Å². The Bertz CT molecular complexity index is 1020. The summed E-state index contributed by atoms with van der Waals surface area (Å²) in [7, 11) is -3.29. The second-order valence-corrected chi connectivity index (χ2v) is 10.2. The highest BCUT2D eigenvalue weighted by Crippen LogP contribution is 2.35. The minimum atomic E-state index is -3.29. The third-order valence-corrected chi connectivity index (χ3v) is 7.96. The van der Waals surface area contributed by atoms with E-state index in [1.807, 2.05) is 6.07 Å². The first-order valence-electron chi connectivity index (χ1n) is 8.70. The Balaban J connectivity index is 1.45.